The first-order chi connectivity index (χ1) is 21.5. The van der Waals surface area contributed by atoms with Crippen molar-refractivity contribution in [2.75, 3.05) is 27.2 Å². The first-order valence-corrected chi connectivity index (χ1v) is 19.5. The molecular formula is C41H76NO2+. The summed E-state index contributed by atoms with van der Waals surface area (Å²) < 4.78 is 6.60. The van der Waals surface area contributed by atoms with Crippen molar-refractivity contribution in [2.24, 2.45) is 0 Å². The third-order valence-corrected chi connectivity index (χ3v) is 9.77. The van der Waals surface area contributed by atoms with Crippen LogP contribution in [0.1, 0.15) is 199 Å². The summed E-state index contributed by atoms with van der Waals surface area (Å²) in [5, 5.41) is 0. The van der Waals surface area contributed by atoms with Crippen LogP contribution in [0.2, 0.25) is 0 Å². The van der Waals surface area contributed by atoms with Crippen molar-refractivity contribution in [3.8, 4) is 0 Å². The van der Waals surface area contributed by atoms with E-state index < -0.39 is 0 Å². The molecular weight excluding hydrogens is 538 g/mol. The van der Waals surface area contributed by atoms with E-state index in [0.29, 0.717) is 19.1 Å². The molecule has 0 spiro atoms. The molecule has 0 aliphatic carbocycles. The van der Waals surface area contributed by atoms with E-state index in [1.54, 1.807) is 0 Å². The minimum Gasteiger partial charge on any atom is -0.460 e. The van der Waals surface area contributed by atoms with Crippen LogP contribution in [-0.4, -0.2) is 37.7 Å². The number of quaternary nitrogens is 1. The molecule has 1 rings (SSSR count). The Morgan fingerprint density at radius 3 is 1.39 bits per heavy atom. The monoisotopic (exact) mass is 615 g/mol. The molecule has 3 heteroatoms. The number of carbonyl (C=O) groups is 1. The minimum absolute atomic E-state index is 0.00866. The number of unbranched alkanes of at least 4 members (excludes halogenated alkanes) is 23. The fourth-order valence-corrected chi connectivity index (χ4v) is 6.68. The zero-order chi connectivity index (χ0) is 32.0. The molecule has 0 fully saturated rings. The van der Waals surface area contributed by atoms with Gasteiger partial charge in [0.1, 0.15) is 19.2 Å². The van der Waals surface area contributed by atoms with Crippen LogP contribution in [0.15, 0.2) is 30.3 Å². The minimum atomic E-state index is -0.00866. The van der Waals surface area contributed by atoms with E-state index in [1.165, 1.54) is 160 Å². The van der Waals surface area contributed by atoms with Crippen LogP contribution in [0.4, 0.5) is 0 Å². The Kier molecular flexibility index (Phi) is 26.9. The van der Waals surface area contributed by atoms with Crippen molar-refractivity contribution in [1.82, 2.24) is 0 Å². The second-order valence-corrected chi connectivity index (χ2v) is 14.3. The Bertz CT molecular complexity index is 746. The summed E-state index contributed by atoms with van der Waals surface area (Å²) in [6.07, 6.45) is 35.7. The van der Waals surface area contributed by atoms with Crippen LogP contribution in [-0.2, 0) is 9.53 Å². The predicted molar refractivity (Wildman–Crippen MR) is 193 cm³/mol. The Hall–Kier alpha value is -1.35. The number of nitrogens with zero attached hydrogens (tertiary/aromatic N) is 1. The molecule has 1 aromatic rings. The standard InChI is InChI=1S/C41H76NO2/c1-5-7-9-11-13-15-17-18-19-20-21-23-25-27-32-36-41(43)44-38-37-42(3,4)40(39-33-29-28-30-34-39)35-31-26-24-22-16-14-12-10-8-6-2/h28-30,33-34,40H,5-27,31-32,35-38H2,1-4H3/q+1. The van der Waals surface area contributed by atoms with Gasteiger partial charge in [0.2, 0.25) is 0 Å². The van der Waals surface area contributed by atoms with E-state index in [1.807, 2.05) is 0 Å². The lowest BCUT2D eigenvalue weighted by molar-refractivity contribution is -0.921. The molecule has 0 aromatic heterocycles. The Labute approximate surface area is 275 Å². The van der Waals surface area contributed by atoms with E-state index >= 15 is 0 Å². The zero-order valence-electron chi connectivity index (χ0n) is 30.2. The van der Waals surface area contributed by atoms with Crippen molar-refractivity contribution in [3.05, 3.63) is 35.9 Å². The van der Waals surface area contributed by atoms with Gasteiger partial charge in [-0.1, -0.05) is 192 Å². The first-order valence-electron chi connectivity index (χ1n) is 19.5. The van der Waals surface area contributed by atoms with Gasteiger partial charge in [0, 0.05) is 18.4 Å². The third-order valence-electron chi connectivity index (χ3n) is 9.77. The average Bonchev–Trinajstić information content (AvgIpc) is 3.02. The summed E-state index contributed by atoms with van der Waals surface area (Å²) in [7, 11) is 4.63. The molecule has 1 aromatic carbocycles. The maximum absolute atomic E-state index is 12.4. The van der Waals surface area contributed by atoms with Crippen LogP contribution < -0.4 is 0 Å². The van der Waals surface area contributed by atoms with Crippen LogP contribution >= 0.6 is 0 Å². The van der Waals surface area contributed by atoms with Gasteiger partial charge in [-0.25, -0.2) is 0 Å². The van der Waals surface area contributed by atoms with Gasteiger partial charge in [-0.2, -0.15) is 0 Å². The van der Waals surface area contributed by atoms with Crippen molar-refractivity contribution in [3.63, 3.8) is 0 Å². The lowest BCUT2D eigenvalue weighted by Crippen LogP contribution is -2.45. The molecule has 0 radical (unpaired) electrons. The first kappa shape index (κ1) is 40.7. The van der Waals surface area contributed by atoms with Gasteiger partial charge in [0.05, 0.1) is 14.1 Å². The average molecular weight is 615 g/mol. The van der Waals surface area contributed by atoms with Gasteiger partial charge >= 0.3 is 5.97 Å². The maximum atomic E-state index is 12.4. The van der Waals surface area contributed by atoms with Crippen molar-refractivity contribution in [2.45, 2.75) is 193 Å². The van der Waals surface area contributed by atoms with Gasteiger partial charge in [0.15, 0.2) is 0 Å². The van der Waals surface area contributed by atoms with Crippen molar-refractivity contribution in [1.29, 1.82) is 0 Å². The molecule has 0 amide bonds. The molecule has 0 saturated heterocycles. The van der Waals surface area contributed by atoms with Crippen LogP contribution in [0.5, 0.6) is 0 Å². The third kappa shape index (κ3) is 23.1. The molecule has 0 aliphatic rings. The number of hydrogen-bond donors (Lipinski definition) is 0. The molecule has 3 nitrogen and oxygen atoms in total. The fraction of sp³-hybridized carbons (Fsp3) is 0.829. The smallest absolute Gasteiger partial charge is 0.305 e. The maximum Gasteiger partial charge on any atom is 0.305 e. The van der Waals surface area contributed by atoms with E-state index in [4.69, 9.17) is 4.74 Å². The van der Waals surface area contributed by atoms with Gasteiger partial charge in [-0.15, -0.1) is 0 Å². The number of hydrogen-bond acceptors (Lipinski definition) is 2. The summed E-state index contributed by atoms with van der Waals surface area (Å²) in [5.74, 6) is -0.00866. The molecule has 1 atom stereocenters. The summed E-state index contributed by atoms with van der Waals surface area (Å²) >= 11 is 0. The molecule has 1 unspecified atom stereocenters. The van der Waals surface area contributed by atoms with Crippen LogP contribution in [0, 0.1) is 0 Å². The number of likely N-dealkylation sites (N-methyl/N-ethyl adjacent to an activating group) is 1. The molecule has 0 N–H and O–H groups in total. The number of ether oxygens (including phenoxy) is 1. The SMILES string of the molecule is CCCCCCCCCCCCCCCCCC(=O)OCC[N+](C)(C)C(CCCCCCCCCCCC)c1ccccc1. The number of carbonyl (C=O) groups excluding carboxylic acids is 1. The van der Waals surface area contributed by atoms with E-state index in [0.717, 1.165) is 23.9 Å². The highest BCUT2D eigenvalue weighted by atomic mass is 16.5. The Morgan fingerprint density at radius 2 is 0.955 bits per heavy atom. The molecule has 0 aliphatic heterocycles. The lowest BCUT2D eigenvalue weighted by atomic mass is 9.96. The number of esters is 1. The van der Waals surface area contributed by atoms with E-state index in [2.05, 4.69) is 58.3 Å². The van der Waals surface area contributed by atoms with Crippen LogP contribution in [0.3, 0.4) is 0 Å². The number of rotatable bonds is 32. The highest BCUT2D eigenvalue weighted by Gasteiger charge is 2.29. The molecule has 0 heterocycles. The molecule has 44 heavy (non-hydrogen) atoms. The quantitative estimate of drug-likeness (QED) is 0.0458. The lowest BCUT2D eigenvalue weighted by Gasteiger charge is -2.38. The van der Waals surface area contributed by atoms with Crippen molar-refractivity contribution >= 4 is 5.97 Å². The normalized spacial score (nSPS) is 12.5. The largest absolute Gasteiger partial charge is 0.460 e. The second-order valence-electron chi connectivity index (χ2n) is 14.3. The molecule has 0 bridgehead atoms. The second kappa shape index (κ2) is 29.1. The zero-order valence-corrected chi connectivity index (χ0v) is 30.2. The summed E-state index contributed by atoms with van der Waals surface area (Å²) in [6.45, 7) is 5.96. The van der Waals surface area contributed by atoms with Gasteiger partial charge in [0.25, 0.3) is 0 Å². The number of benzene rings is 1. The molecule has 0 saturated carbocycles. The van der Waals surface area contributed by atoms with E-state index in [9.17, 15) is 4.79 Å². The van der Waals surface area contributed by atoms with Gasteiger partial charge in [-0.3, -0.25) is 4.79 Å². The van der Waals surface area contributed by atoms with Gasteiger partial charge < -0.3 is 9.22 Å². The molecule has 256 valence electrons. The summed E-state index contributed by atoms with van der Waals surface area (Å²) in [5.41, 5.74) is 1.41. The predicted octanol–water partition coefficient (Wildman–Crippen LogP) is 12.9. The fourth-order valence-electron chi connectivity index (χ4n) is 6.68. The van der Waals surface area contributed by atoms with Gasteiger partial charge in [-0.05, 0) is 12.8 Å². The Morgan fingerprint density at radius 1 is 0.568 bits per heavy atom. The van der Waals surface area contributed by atoms with E-state index in [-0.39, 0.29) is 5.97 Å². The van der Waals surface area contributed by atoms with Crippen LogP contribution in [0.25, 0.3) is 0 Å². The highest BCUT2D eigenvalue weighted by Crippen LogP contribution is 2.30. The van der Waals surface area contributed by atoms with Crippen molar-refractivity contribution < 1.29 is 14.0 Å². The topological polar surface area (TPSA) is 26.3 Å². The highest BCUT2D eigenvalue weighted by molar-refractivity contribution is 5.69. The summed E-state index contributed by atoms with van der Waals surface area (Å²) in [4.78, 5) is 12.4. The Balaban J connectivity index is 2.15. The summed E-state index contributed by atoms with van der Waals surface area (Å²) in [6, 6.07) is 11.4.